The monoisotopic (exact) mass is 188 g/mol. The highest BCUT2D eigenvalue weighted by Crippen LogP contribution is 2.02. The first-order chi connectivity index (χ1) is 5.52. The molecule has 0 aliphatic rings. The van der Waals surface area contributed by atoms with Crippen LogP contribution >= 0.6 is 8.25 Å². The molecule has 0 fully saturated rings. The van der Waals surface area contributed by atoms with Crippen LogP contribution in [0.4, 0.5) is 5.69 Å². The van der Waals surface area contributed by atoms with Gasteiger partial charge in [-0.15, -0.1) is 9.79 Å². The molecule has 0 atom stereocenters. The topological polar surface area (TPSA) is 83.6 Å². The fourth-order valence-corrected chi connectivity index (χ4v) is 0.566. The van der Waals surface area contributed by atoms with Gasteiger partial charge in [0.15, 0.2) is 0 Å². The number of anilines is 1. The van der Waals surface area contributed by atoms with Gasteiger partial charge in [0.05, 0.1) is 0 Å². The summed E-state index contributed by atoms with van der Waals surface area (Å²) in [7, 11) is -2.87. The Balaban J connectivity index is 0.000000261. The van der Waals surface area contributed by atoms with Crippen molar-refractivity contribution in [2.45, 2.75) is 6.92 Å². The van der Waals surface area contributed by atoms with Gasteiger partial charge in [0.1, 0.15) is 0 Å². The van der Waals surface area contributed by atoms with Gasteiger partial charge < -0.3 is 5.73 Å². The number of nitrogens with two attached hydrogens (primary N) is 1. The van der Waals surface area contributed by atoms with Crippen molar-refractivity contribution >= 4 is 13.9 Å². The average Bonchev–Trinajstić information content (AvgIpc) is 1.94. The van der Waals surface area contributed by atoms with Gasteiger partial charge in [0, 0.05) is 10.3 Å². The molecule has 5 heteroatoms. The van der Waals surface area contributed by atoms with E-state index in [-0.39, 0.29) is 0 Å². The van der Waals surface area contributed by atoms with Gasteiger partial charge in [-0.3, -0.25) is 0 Å². The van der Waals surface area contributed by atoms with Gasteiger partial charge in [-0.05, 0) is 19.1 Å². The van der Waals surface area contributed by atoms with Crippen molar-refractivity contribution in [3.8, 4) is 0 Å². The van der Waals surface area contributed by atoms with Crippen LogP contribution in [0.1, 0.15) is 5.56 Å². The average molecular weight is 188 g/mol. The third kappa shape index (κ3) is 7.15. The van der Waals surface area contributed by atoms with Crippen LogP contribution in [0, 0.1) is 6.92 Å². The van der Waals surface area contributed by atoms with Crippen molar-refractivity contribution in [3.05, 3.63) is 29.8 Å². The Hall–Kier alpha value is -0.960. The molecule has 0 amide bonds. The van der Waals surface area contributed by atoms with Crippen LogP contribution in [-0.4, -0.2) is 9.79 Å². The highest BCUT2D eigenvalue weighted by atomic mass is 31.1. The minimum atomic E-state index is -2.87. The fourth-order valence-electron chi connectivity index (χ4n) is 0.566. The first-order valence-corrected chi connectivity index (χ1v) is 4.36. The van der Waals surface area contributed by atoms with Gasteiger partial charge in [0.25, 0.3) is 0 Å². The van der Waals surface area contributed by atoms with Crippen LogP contribution in [0.25, 0.3) is 0 Å². The summed E-state index contributed by atoms with van der Waals surface area (Å²) < 4.78 is 8.70. The van der Waals surface area contributed by atoms with Crippen LogP contribution in [0.15, 0.2) is 24.3 Å². The van der Waals surface area contributed by atoms with E-state index < -0.39 is 8.25 Å². The zero-order chi connectivity index (χ0) is 9.56. The van der Waals surface area contributed by atoms with E-state index in [9.17, 15) is 0 Å². The molecule has 1 rings (SSSR count). The van der Waals surface area contributed by atoms with E-state index in [0.29, 0.717) is 0 Å². The minimum Gasteiger partial charge on any atom is -0.399 e. The minimum absolute atomic E-state index is 0.829. The van der Waals surface area contributed by atoms with Crippen molar-refractivity contribution in [2.24, 2.45) is 0 Å². The summed E-state index contributed by atoms with van der Waals surface area (Å²) in [5.41, 5.74) is 7.51. The molecule has 4 N–H and O–H groups in total. The van der Waals surface area contributed by atoms with Crippen LogP contribution < -0.4 is 5.73 Å². The molecule has 0 heterocycles. The third-order valence-corrected chi connectivity index (χ3v) is 1.08. The largest absolute Gasteiger partial charge is 0.692 e. The molecule has 0 aliphatic carbocycles. The molecule has 0 radical (unpaired) electrons. The second-order valence-electron chi connectivity index (χ2n) is 2.16. The normalized spacial score (nSPS) is 8.25. The van der Waals surface area contributed by atoms with Crippen LogP contribution in [-0.2, 0) is 4.57 Å². The van der Waals surface area contributed by atoms with Gasteiger partial charge >= 0.3 is 8.25 Å². The molecule has 0 saturated heterocycles. The van der Waals surface area contributed by atoms with Crippen molar-refractivity contribution in [1.82, 2.24) is 0 Å². The smallest absolute Gasteiger partial charge is 0.399 e. The Morgan fingerprint density at radius 2 is 1.58 bits per heavy atom. The molecule has 0 saturated carbocycles. The maximum absolute atomic E-state index is 8.70. The van der Waals surface area contributed by atoms with Crippen molar-refractivity contribution in [3.63, 3.8) is 0 Å². The molecule has 12 heavy (non-hydrogen) atoms. The molecule has 0 unspecified atom stereocenters. The Kier molecular flexibility index (Phi) is 5.21. The lowest BCUT2D eigenvalue weighted by Crippen LogP contribution is -1.81. The van der Waals surface area contributed by atoms with Crippen LogP contribution in [0.5, 0.6) is 0 Å². The van der Waals surface area contributed by atoms with Crippen molar-refractivity contribution < 1.29 is 14.4 Å². The van der Waals surface area contributed by atoms with E-state index in [1.807, 2.05) is 31.2 Å². The van der Waals surface area contributed by atoms with E-state index in [0.717, 1.165) is 5.69 Å². The summed E-state index contributed by atoms with van der Waals surface area (Å²) in [6.45, 7) is 2.04. The number of aryl methyl sites for hydroxylation is 1. The molecule has 1 aromatic rings. The number of rotatable bonds is 0. The highest BCUT2D eigenvalue weighted by Gasteiger charge is 1.93. The molecule has 66 valence electrons. The predicted molar refractivity (Wildman–Crippen MR) is 47.6 cm³/mol. The number of nitrogen functional groups attached to an aromatic ring is 1. The first-order valence-electron chi connectivity index (χ1n) is 3.19. The Morgan fingerprint density at radius 3 is 1.83 bits per heavy atom. The van der Waals surface area contributed by atoms with Crippen LogP contribution in [0.3, 0.4) is 0 Å². The summed E-state index contributed by atoms with van der Waals surface area (Å²) in [5.74, 6) is 0. The lowest BCUT2D eigenvalue weighted by Gasteiger charge is -1.90. The zero-order valence-corrected chi connectivity index (χ0v) is 7.53. The van der Waals surface area contributed by atoms with E-state index in [1.54, 1.807) is 0 Å². The lowest BCUT2D eigenvalue weighted by molar-refractivity contribution is 0.405. The summed E-state index contributed by atoms with van der Waals surface area (Å²) in [6, 6.07) is 7.79. The van der Waals surface area contributed by atoms with Crippen LogP contribution in [0.2, 0.25) is 0 Å². The second kappa shape index (κ2) is 5.66. The molecule has 0 aromatic heterocycles. The zero-order valence-electron chi connectivity index (χ0n) is 6.64. The molecular weight excluding hydrogens is 177 g/mol. The molecule has 4 nitrogen and oxygen atoms in total. The standard InChI is InChI=1S/C7H9N.HO3P/c1-6-2-4-7(8)5-3-6;1-4(2)3/h2-5H,8H2,1H3;(H-,1,2,3)/p+1. The number of hydrogen-bond donors (Lipinski definition) is 3. The third-order valence-electron chi connectivity index (χ3n) is 1.08. The predicted octanol–water partition coefficient (Wildman–Crippen LogP) is 1.21. The number of hydrogen-bond acceptors (Lipinski definition) is 2. The summed E-state index contributed by atoms with van der Waals surface area (Å²) in [5, 5.41) is 0. The van der Waals surface area contributed by atoms with Gasteiger partial charge in [-0.2, -0.15) is 0 Å². The molecule has 0 aliphatic heterocycles. The molecule has 1 aromatic carbocycles. The van der Waals surface area contributed by atoms with E-state index in [4.69, 9.17) is 20.1 Å². The highest BCUT2D eigenvalue weighted by molar-refractivity contribution is 7.30. The SMILES string of the molecule is Cc1ccc(N)cc1.O=[P+](O)O. The summed E-state index contributed by atoms with van der Waals surface area (Å²) in [6.07, 6.45) is 0. The summed E-state index contributed by atoms with van der Waals surface area (Å²) >= 11 is 0. The first kappa shape index (κ1) is 11.0. The fraction of sp³-hybridized carbons (Fsp3) is 0.143. The molecule has 0 spiro atoms. The maximum atomic E-state index is 8.70. The maximum Gasteiger partial charge on any atom is 0.692 e. The van der Waals surface area contributed by atoms with E-state index >= 15 is 0 Å². The Morgan fingerprint density at radius 1 is 1.25 bits per heavy atom. The van der Waals surface area contributed by atoms with Crippen molar-refractivity contribution in [1.29, 1.82) is 0 Å². The lowest BCUT2D eigenvalue weighted by atomic mass is 10.2. The van der Waals surface area contributed by atoms with Gasteiger partial charge in [0.2, 0.25) is 0 Å². The second-order valence-corrected chi connectivity index (χ2v) is 2.67. The summed E-state index contributed by atoms with van der Waals surface area (Å²) in [4.78, 5) is 14.2. The number of benzene rings is 1. The Bertz CT molecular complexity index is 222. The van der Waals surface area contributed by atoms with Gasteiger partial charge in [-0.1, -0.05) is 17.7 Å². The quantitative estimate of drug-likeness (QED) is 0.422. The molecular formula is C7H11NO3P+. The van der Waals surface area contributed by atoms with Crippen molar-refractivity contribution in [2.75, 3.05) is 5.73 Å². The van der Waals surface area contributed by atoms with E-state index in [2.05, 4.69) is 0 Å². The van der Waals surface area contributed by atoms with Gasteiger partial charge in [-0.25, -0.2) is 0 Å². The molecule has 0 bridgehead atoms. The van der Waals surface area contributed by atoms with E-state index in [1.165, 1.54) is 5.56 Å². The Labute approximate surface area is 71.6 Å².